The van der Waals surface area contributed by atoms with Gasteiger partial charge in [0.05, 0.1) is 19.8 Å². The Bertz CT molecular complexity index is 670. The Morgan fingerprint density at radius 1 is 1.28 bits per heavy atom. The number of piperazine rings is 1. The van der Waals surface area contributed by atoms with E-state index in [1.807, 2.05) is 9.80 Å². The first kappa shape index (κ1) is 17.7. The van der Waals surface area contributed by atoms with Crippen LogP contribution in [0.2, 0.25) is 0 Å². The van der Waals surface area contributed by atoms with E-state index in [9.17, 15) is 4.79 Å². The molecule has 3 heterocycles. The Hall–Kier alpha value is -2.11. The summed E-state index contributed by atoms with van der Waals surface area (Å²) in [6.45, 7) is 11.0. The van der Waals surface area contributed by atoms with Crippen LogP contribution in [0.1, 0.15) is 25.4 Å². The molecule has 0 atom stereocenters. The highest BCUT2D eigenvalue weighted by molar-refractivity contribution is 5.78. The predicted molar refractivity (Wildman–Crippen MR) is 91.2 cm³/mol. The van der Waals surface area contributed by atoms with E-state index >= 15 is 0 Å². The van der Waals surface area contributed by atoms with Crippen LogP contribution in [0.5, 0.6) is 0 Å². The fourth-order valence-corrected chi connectivity index (χ4v) is 3.31. The van der Waals surface area contributed by atoms with Gasteiger partial charge in [-0.1, -0.05) is 0 Å². The molecular formula is C17H25N5O3. The summed E-state index contributed by atoms with van der Waals surface area (Å²) >= 11 is 0. The minimum Gasteiger partial charge on any atom is -0.424 e. The molecule has 0 aromatic carbocycles. The topological polar surface area (TPSA) is 85.8 Å². The van der Waals surface area contributed by atoms with Crippen molar-refractivity contribution in [2.45, 2.75) is 26.3 Å². The molecule has 0 radical (unpaired) electrons. The molecule has 0 unspecified atom stereocenters. The number of rotatable bonds is 3. The molecule has 0 spiro atoms. The SMILES string of the molecule is Cc1nc(C#N)c(N2CCN(C(=O)CN3CCOCC3(C)C)CC2)o1. The lowest BCUT2D eigenvalue weighted by atomic mass is 10.0. The van der Waals surface area contributed by atoms with Gasteiger partial charge in [0.1, 0.15) is 6.07 Å². The molecule has 8 heteroatoms. The standard InChI is InChI=1S/C17H25N5O3/c1-13-19-14(10-18)16(25-13)21-6-4-20(5-7-21)15(23)11-22-8-9-24-12-17(22,2)3/h4-9,11-12H2,1-3H3. The molecule has 2 aliphatic heterocycles. The van der Waals surface area contributed by atoms with Gasteiger partial charge < -0.3 is 19.0 Å². The van der Waals surface area contributed by atoms with Crippen molar-refractivity contribution in [3.63, 3.8) is 0 Å². The highest BCUT2D eigenvalue weighted by atomic mass is 16.5. The third-order valence-corrected chi connectivity index (χ3v) is 4.88. The molecule has 0 bridgehead atoms. The minimum absolute atomic E-state index is 0.116. The van der Waals surface area contributed by atoms with Crippen molar-refractivity contribution in [3.05, 3.63) is 11.6 Å². The predicted octanol–water partition coefficient (Wildman–Crippen LogP) is 0.614. The second-order valence-corrected chi connectivity index (χ2v) is 7.15. The van der Waals surface area contributed by atoms with Gasteiger partial charge in [-0.25, -0.2) is 4.98 Å². The third-order valence-electron chi connectivity index (χ3n) is 4.88. The summed E-state index contributed by atoms with van der Waals surface area (Å²) in [7, 11) is 0. The summed E-state index contributed by atoms with van der Waals surface area (Å²) in [6, 6.07) is 2.07. The van der Waals surface area contributed by atoms with Gasteiger partial charge in [0.15, 0.2) is 5.89 Å². The van der Waals surface area contributed by atoms with Crippen molar-refractivity contribution < 1.29 is 13.9 Å². The number of carbonyl (C=O) groups excluding carboxylic acids is 1. The van der Waals surface area contributed by atoms with Crippen LogP contribution in [0.15, 0.2) is 4.42 Å². The van der Waals surface area contributed by atoms with Crippen molar-refractivity contribution >= 4 is 11.8 Å². The number of carbonyl (C=O) groups is 1. The zero-order valence-electron chi connectivity index (χ0n) is 15.1. The fourth-order valence-electron chi connectivity index (χ4n) is 3.31. The van der Waals surface area contributed by atoms with Gasteiger partial charge in [0.2, 0.25) is 17.5 Å². The number of nitriles is 1. The lowest BCUT2D eigenvalue weighted by molar-refractivity contribution is -0.137. The van der Waals surface area contributed by atoms with E-state index < -0.39 is 0 Å². The molecular weight excluding hydrogens is 322 g/mol. The molecule has 1 aromatic rings. The van der Waals surface area contributed by atoms with Crippen LogP contribution in [0.25, 0.3) is 0 Å². The largest absolute Gasteiger partial charge is 0.424 e. The molecule has 0 aliphatic carbocycles. The van der Waals surface area contributed by atoms with Gasteiger partial charge in [0.25, 0.3) is 0 Å². The zero-order valence-corrected chi connectivity index (χ0v) is 15.1. The normalized spacial score (nSPS) is 21.2. The van der Waals surface area contributed by atoms with Gasteiger partial charge in [-0.15, -0.1) is 0 Å². The first-order chi connectivity index (χ1) is 11.9. The number of hydrogen-bond acceptors (Lipinski definition) is 7. The molecule has 0 saturated carbocycles. The van der Waals surface area contributed by atoms with E-state index in [1.54, 1.807) is 6.92 Å². The quantitative estimate of drug-likeness (QED) is 0.792. The van der Waals surface area contributed by atoms with Crippen LogP contribution in [-0.4, -0.2) is 78.7 Å². The summed E-state index contributed by atoms with van der Waals surface area (Å²) in [5.74, 6) is 1.14. The molecule has 8 nitrogen and oxygen atoms in total. The second-order valence-electron chi connectivity index (χ2n) is 7.15. The summed E-state index contributed by atoms with van der Waals surface area (Å²) in [5, 5.41) is 9.15. The number of oxazole rings is 1. The van der Waals surface area contributed by atoms with Gasteiger partial charge in [0, 0.05) is 45.2 Å². The summed E-state index contributed by atoms with van der Waals surface area (Å²) in [4.78, 5) is 22.8. The summed E-state index contributed by atoms with van der Waals surface area (Å²) in [5.41, 5.74) is 0.196. The first-order valence-corrected chi connectivity index (χ1v) is 8.64. The second kappa shape index (κ2) is 7.02. The lowest BCUT2D eigenvalue weighted by Crippen LogP contribution is -2.58. The molecule has 2 fully saturated rings. The Morgan fingerprint density at radius 2 is 2.00 bits per heavy atom. The number of ether oxygens (including phenoxy) is 1. The molecule has 1 amide bonds. The maximum absolute atomic E-state index is 12.7. The van der Waals surface area contributed by atoms with Crippen molar-refractivity contribution in [1.82, 2.24) is 14.8 Å². The number of morpholine rings is 1. The number of aryl methyl sites for hydroxylation is 1. The number of anilines is 1. The Balaban J connectivity index is 1.57. The number of hydrogen-bond donors (Lipinski definition) is 0. The molecule has 2 aliphatic rings. The van der Waals surface area contributed by atoms with Gasteiger partial charge in [-0.05, 0) is 13.8 Å². The van der Waals surface area contributed by atoms with Crippen LogP contribution in [0, 0.1) is 18.3 Å². The van der Waals surface area contributed by atoms with Gasteiger partial charge in [-0.2, -0.15) is 5.26 Å². The van der Waals surface area contributed by atoms with E-state index in [0.29, 0.717) is 63.4 Å². The van der Waals surface area contributed by atoms with Crippen LogP contribution >= 0.6 is 0 Å². The summed E-state index contributed by atoms with van der Waals surface area (Å²) < 4.78 is 11.1. The third kappa shape index (κ3) is 3.78. The van der Waals surface area contributed by atoms with E-state index in [-0.39, 0.29) is 11.4 Å². The van der Waals surface area contributed by atoms with Crippen LogP contribution in [-0.2, 0) is 9.53 Å². The first-order valence-electron chi connectivity index (χ1n) is 8.64. The monoisotopic (exact) mass is 347 g/mol. The van der Waals surface area contributed by atoms with Crippen molar-refractivity contribution in [3.8, 4) is 6.07 Å². The van der Waals surface area contributed by atoms with Crippen molar-refractivity contribution in [2.24, 2.45) is 0 Å². The molecule has 136 valence electrons. The maximum atomic E-state index is 12.7. The minimum atomic E-state index is -0.116. The number of nitrogens with zero attached hydrogens (tertiary/aromatic N) is 5. The Kier molecular flexibility index (Phi) is 4.97. The average molecular weight is 347 g/mol. The Morgan fingerprint density at radius 3 is 2.64 bits per heavy atom. The lowest BCUT2D eigenvalue weighted by Gasteiger charge is -2.43. The van der Waals surface area contributed by atoms with Crippen molar-refractivity contribution in [1.29, 1.82) is 5.26 Å². The summed E-state index contributed by atoms with van der Waals surface area (Å²) in [6.07, 6.45) is 0. The van der Waals surface area contributed by atoms with E-state index in [2.05, 4.69) is 29.8 Å². The van der Waals surface area contributed by atoms with Crippen LogP contribution < -0.4 is 4.90 Å². The number of aromatic nitrogens is 1. The highest BCUT2D eigenvalue weighted by Crippen LogP contribution is 2.23. The van der Waals surface area contributed by atoms with Crippen LogP contribution in [0.3, 0.4) is 0 Å². The molecule has 25 heavy (non-hydrogen) atoms. The van der Waals surface area contributed by atoms with E-state index in [1.165, 1.54) is 0 Å². The number of amides is 1. The molecule has 0 N–H and O–H groups in total. The van der Waals surface area contributed by atoms with E-state index in [0.717, 1.165) is 6.54 Å². The smallest absolute Gasteiger partial charge is 0.236 e. The Labute approximate surface area is 147 Å². The highest BCUT2D eigenvalue weighted by Gasteiger charge is 2.33. The van der Waals surface area contributed by atoms with Gasteiger partial charge >= 0.3 is 0 Å². The average Bonchev–Trinajstić information content (AvgIpc) is 2.97. The maximum Gasteiger partial charge on any atom is 0.236 e. The van der Waals surface area contributed by atoms with Gasteiger partial charge in [-0.3, -0.25) is 9.69 Å². The van der Waals surface area contributed by atoms with E-state index in [4.69, 9.17) is 14.4 Å². The van der Waals surface area contributed by atoms with Crippen molar-refractivity contribution in [2.75, 3.05) is 57.4 Å². The molecule has 3 rings (SSSR count). The van der Waals surface area contributed by atoms with Crippen LogP contribution in [0.4, 0.5) is 5.88 Å². The molecule has 2 saturated heterocycles. The fraction of sp³-hybridized carbons (Fsp3) is 0.706. The molecule has 1 aromatic heterocycles. The zero-order chi connectivity index (χ0) is 18.0.